The maximum Gasteiger partial charge on any atom is 0.427 e. The van der Waals surface area contributed by atoms with Crippen LogP contribution in [0.25, 0.3) is 16.9 Å². The van der Waals surface area contributed by atoms with Crippen molar-refractivity contribution < 1.29 is 14.4 Å². The highest BCUT2D eigenvalue weighted by Crippen LogP contribution is 2.29. The Hall–Kier alpha value is -4.02. The normalized spacial score (nSPS) is 19.4. The van der Waals surface area contributed by atoms with E-state index < -0.39 is 12.3 Å². The topological polar surface area (TPSA) is 112 Å². The van der Waals surface area contributed by atoms with Crippen LogP contribution in [-0.2, 0) is 22.4 Å². The van der Waals surface area contributed by atoms with Crippen LogP contribution in [0.4, 0.5) is 4.79 Å². The zero-order valence-corrected chi connectivity index (χ0v) is 21.2. The van der Waals surface area contributed by atoms with E-state index in [1.807, 2.05) is 40.9 Å². The minimum atomic E-state index is -0.502. The highest BCUT2D eigenvalue weighted by atomic mass is 16.7. The van der Waals surface area contributed by atoms with Gasteiger partial charge in [-0.2, -0.15) is 10.1 Å². The number of nitrogens with zero attached hydrogens (tertiary/aromatic N) is 4. The van der Waals surface area contributed by atoms with Crippen LogP contribution in [0.1, 0.15) is 60.8 Å². The summed E-state index contributed by atoms with van der Waals surface area (Å²) in [5, 5.41) is 7.26. The van der Waals surface area contributed by atoms with Gasteiger partial charge in [-0.25, -0.2) is 9.31 Å². The number of benzene rings is 2. The first-order chi connectivity index (χ1) is 18.6. The number of hydrogen-bond acceptors (Lipinski definition) is 7. The third kappa shape index (κ3) is 4.46. The Balaban J connectivity index is 1.36. The Labute approximate surface area is 219 Å². The van der Waals surface area contributed by atoms with Crippen molar-refractivity contribution in [2.24, 2.45) is 0 Å². The fourth-order valence-electron chi connectivity index (χ4n) is 5.45. The number of carbonyl (C=O) groups excluding carboxylic acids is 1. The molecule has 0 aliphatic carbocycles. The van der Waals surface area contributed by atoms with Gasteiger partial charge in [0.25, 0.3) is 5.56 Å². The quantitative estimate of drug-likeness (QED) is 0.387. The number of carbonyl (C=O) groups is 1. The van der Waals surface area contributed by atoms with Gasteiger partial charge in [0.1, 0.15) is 12.5 Å². The number of hydrogen-bond donors (Lipinski definition) is 2. The summed E-state index contributed by atoms with van der Waals surface area (Å²) < 4.78 is 9.33. The zero-order chi connectivity index (χ0) is 26.1. The van der Waals surface area contributed by atoms with Gasteiger partial charge in [-0.3, -0.25) is 14.7 Å². The summed E-state index contributed by atoms with van der Waals surface area (Å²) in [6.07, 6.45) is 4.51. The largest absolute Gasteiger partial charge is 0.427 e. The van der Waals surface area contributed by atoms with Gasteiger partial charge >= 0.3 is 6.09 Å². The number of rotatable bonds is 7. The molecule has 2 aromatic carbocycles. The molecule has 0 spiro atoms. The molecular weight excluding hydrogens is 484 g/mol. The Kier molecular flexibility index (Phi) is 6.65. The Bertz CT molecular complexity index is 1520. The molecule has 2 unspecified atom stereocenters. The second-order valence-electron chi connectivity index (χ2n) is 9.74. The van der Waals surface area contributed by atoms with Gasteiger partial charge < -0.3 is 9.57 Å². The van der Waals surface area contributed by atoms with Crippen LogP contribution in [0.5, 0.6) is 0 Å². The van der Waals surface area contributed by atoms with Crippen LogP contribution in [-0.4, -0.2) is 38.5 Å². The SMILES string of the molecule is CCCc1c(Cc2ccc(-c3ccccc3C3NOC(=O)N3)cc2)c(=O)n(C2CCCOC2)c2ncnn12. The maximum absolute atomic E-state index is 14.0. The average Bonchev–Trinajstić information content (AvgIpc) is 3.61. The number of aromatic nitrogens is 4. The molecular formula is C28H30N6O4. The second-order valence-corrected chi connectivity index (χ2v) is 9.74. The van der Waals surface area contributed by atoms with Crippen LogP contribution in [0.15, 0.2) is 59.7 Å². The van der Waals surface area contributed by atoms with Gasteiger partial charge in [0.2, 0.25) is 5.78 Å². The first kappa shape index (κ1) is 24.3. The van der Waals surface area contributed by atoms with E-state index >= 15 is 0 Å². The molecule has 4 heterocycles. The van der Waals surface area contributed by atoms with Gasteiger partial charge in [0.15, 0.2) is 0 Å². The molecule has 196 valence electrons. The van der Waals surface area contributed by atoms with E-state index in [4.69, 9.17) is 9.57 Å². The highest BCUT2D eigenvalue weighted by Gasteiger charge is 2.27. The number of fused-ring (bicyclic) bond motifs is 1. The van der Waals surface area contributed by atoms with Crippen molar-refractivity contribution in [1.29, 1.82) is 0 Å². The summed E-state index contributed by atoms with van der Waals surface area (Å²) in [6, 6.07) is 16.0. The summed E-state index contributed by atoms with van der Waals surface area (Å²) in [7, 11) is 0. The third-order valence-corrected chi connectivity index (χ3v) is 7.26. The molecule has 2 aliphatic heterocycles. The summed E-state index contributed by atoms with van der Waals surface area (Å²) in [5.41, 5.74) is 8.30. The summed E-state index contributed by atoms with van der Waals surface area (Å²) in [6.45, 7) is 3.33. The van der Waals surface area contributed by atoms with E-state index in [1.54, 1.807) is 4.57 Å². The molecule has 2 saturated heterocycles. The van der Waals surface area contributed by atoms with E-state index in [-0.39, 0.29) is 11.6 Å². The molecule has 0 radical (unpaired) electrons. The fraction of sp³-hybridized carbons (Fsp3) is 0.357. The van der Waals surface area contributed by atoms with E-state index in [0.717, 1.165) is 65.8 Å². The van der Waals surface area contributed by atoms with Gasteiger partial charge in [-0.1, -0.05) is 61.9 Å². The smallest absolute Gasteiger partial charge is 0.379 e. The molecule has 2 aromatic heterocycles. The van der Waals surface area contributed by atoms with Crippen LogP contribution in [0.3, 0.4) is 0 Å². The molecule has 1 amide bonds. The molecule has 10 nitrogen and oxygen atoms in total. The van der Waals surface area contributed by atoms with Gasteiger partial charge in [-0.15, -0.1) is 5.48 Å². The minimum Gasteiger partial charge on any atom is -0.379 e. The number of nitrogens with one attached hydrogen (secondary N) is 2. The Morgan fingerprint density at radius 1 is 1.11 bits per heavy atom. The second kappa shape index (κ2) is 10.4. The minimum absolute atomic E-state index is 0.0121. The van der Waals surface area contributed by atoms with Gasteiger partial charge in [0, 0.05) is 18.6 Å². The van der Waals surface area contributed by atoms with Crippen LogP contribution in [0.2, 0.25) is 0 Å². The van der Waals surface area contributed by atoms with Crippen molar-refractivity contribution in [1.82, 2.24) is 30.0 Å². The van der Waals surface area contributed by atoms with Crippen molar-refractivity contribution in [3.8, 4) is 11.1 Å². The highest BCUT2D eigenvalue weighted by molar-refractivity contribution is 5.73. The van der Waals surface area contributed by atoms with E-state index in [1.165, 1.54) is 6.33 Å². The van der Waals surface area contributed by atoms with Crippen molar-refractivity contribution in [2.75, 3.05) is 13.2 Å². The number of aryl methyl sites for hydroxylation is 1. The third-order valence-electron chi connectivity index (χ3n) is 7.26. The van der Waals surface area contributed by atoms with Crippen LogP contribution < -0.4 is 16.4 Å². The van der Waals surface area contributed by atoms with Crippen molar-refractivity contribution in [3.05, 3.63) is 87.6 Å². The lowest BCUT2D eigenvalue weighted by Gasteiger charge is -2.26. The molecule has 2 fully saturated rings. The first-order valence-corrected chi connectivity index (χ1v) is 13.1. The van der Waals surface area contributed by atoms with Gasteiger partial charge in [0.05, 0.1) is 18.3 Å². The van der Waals surface area contributed by atoms with E-state index in [9.17, 15) is 9.59 Å². The standard InChI is InChI=1S/C28H30N6O4/c1-2-6-24-23(26(35)33(20-7-5-14-37-16-20)27-29-17-30-34(24)27)15-18-10-12-19(13-11-18)21-8-3-4-9-22(21)25-31-28(36)38-32-25/h3-4,8-13,17,20,25,32H,2,5-7,14-16H2,1H3,(H,31,36). The van der Waals surface area contributed by atoms with Gasteiger partial charge in [-0.05, 0) is 41.5 Å². The molecule has 2 N–H and O–H groups in total. The molecule has 0 bridgehead atoms. The van der Waals surface area contributed by atoms with Crippen molar-refractivity contribution >= 4 is 11.9 Å². The first-order valence-electron chi connectivity index (χ1n) is 13.1. The number of hydroxylamine groups is 1. The molecule has 2 aliphatic rings. The predicted molar refractivity (Wildman–Crippen MR) is 141 cm³/mol. The lowest BCUT2D eigenvalue weighted by Crippen LogP contribution is -2.35. The molecule has 0 saturated carbocycles. The fourth-order valence-corrected chi connectivity index (χ4v) is 5.45. The van der Waals surface area contributed by atoms with Crippen molar-refractivity contribution in [3.63, 3.8) is 0 Å². The maximum atomic E-state index is 14.0. The summed E-state index contributed by atoms with van der Waals surface area (Å²) >= 11 is 0. The molecule has 6 rings (SSSR count). The van der Waals surface area contributed by atoms with Crippen LogP contribution in [0, 0.1) is 0 Å². The predicted octanol–water partition coefficient (Wildman–Crippen LogP) is 3.70. The lowest BCUT2D eigenvalue weighted by molar-refractivity contribution is 0.0588. The Morgan fingerprint density at radius 3 is 2.68 bits per heavy atom. The molecule has 4 aromatic rings. The molecule has 38 heavy (non-hydrogen) atoms. The van der Waals surface area contributed by atoms with Crippen molar-refractivity contribution in [2.45, 2.75) is 51.2 Å². The average molecular weight is 515 g/mol. The summed E-state index contributed by atoms with van der Waals surface area (Å²) in [5.74, 6) is 0.584. The number of ether oxygens (including phenoxy) is 1. The molecule has 2 atom stereocenters. The van der Waals surface area contributed by atoms with E-state index in [2.05, 4.69) is 39.9 Å². The zero-order valence-electron chi connectivity index (χ0n) is 21.2. The number of amides is 1. The van der Waals surface area contributed by atoms with Crippen LogP contribution >= 0.6 is 0 Å². The van der Waals surface area contributed by atoms with E-state index in [0.29, 0.717) is 18.8 Å². The molecule has 10 heteroatoms. The lowest BCUT2D eigenvalue weighted by atomic mass is 9.95. The monoisotopic (exact) mass is 514 g/mol. The Morgan fingerprint density at radius 2 is 1.95 bits per heavy atom. The summed E-state index contributed by atoms with van der Waals surface area (Å²) in [4.78, 5) is 34.8.